The highest BCUT2D eigenvalue weighted by Crippen LogP contribution is 2.20. The van der Waals surface area contributed by atoms with Crippen LogP contribution in [0.15, 0.2) is 0 Å². The number of rotatable bonds is 2. The van der Waals surface area contributed by atoms with Crippen LogP contribution >= 0.6 is 11.8 Å². The maximum absolute atomic E-state index is 12.0. The molecule has 2 rings (SSSR count). The molecule has 8 heteroatoms. The molecule has 0 unspecified atom stereocenters. The molecule has 7 nitrogen and oxygen atoms in total. The molecule has 1 atom stereocenters. The molecule has 0 bridgehead atoms. The summed E-state index contributed by atoms with van der Waals surface area (Å²) in [5.74, 6) is -0.0318. The highest BCUT2D eigenvalue weighted by atomic mass is 32.2. The Bertz CT molecular complexity index is 333. The van der Waals surface area contributed by atoms with Gasteiger partial charge in [0.2, 0.25) is 0 Å². The van der Waals surface area contributed by atoms with Crippen LogP contribution in [-0.2, 0) is 4.79 Å². The normalized spacial score (nSPS) is 26.3. The van der Waals surface area contributed by atoms with Gasteiger partial charge in [0.05, 0.1) is 5.88 Å². The zero-order valence-electron chi connectivity index (χ0n) is 10.3. The van der Waals surface area contributed by atoms with Crippen LogP contribution in [-0.4, -0.2) is 82.8 Å². The number of carbonyl (C=O) groups excluding carboxylic acids is 1. The van der Waals surface area contributed by atoms with Gasteiger partial charge in [0.15, 0.2) is 0 Å². The summed E-state index contributed by atoms with van der Waals surface area (Å²) in [6.07, 6.45) is 0. The van der Waals surface area contributed by atoms with Gasteiger partial charge in [-0.05, 0) is 7.05 Å². The van der Waals surface area contributed by atoms with Crippen molar-refractivity contribution in [1.29, 1.82) is 0 Å². The smallest absolute Gasteiger partial charge is 0.333 e. The SMILES string of the molecule is CN1CCN(NC(=O)N2CSC[C@H]2C(=O)O)CC1. The lowest BCUT2D eigenvalue weighted by Gasteiger charge is -2.33. The third-order valence-corrected chi connectivity index (χ3v) is 4.20. The summed E-state index contributed by atoms with van der Waals surface area (Å²) in [5.41, 5.74) is 2.78. The lowest BCUT2D eigenvalue weighted by molar-refractivity contribution is -0.140. The molecule has 102 valence electrons. The van der Waals surface area contributed by atoms with Gasteiger partial charge in [0, 0.05) is 31.9 Å². The molecule has 0 aromatic carbocycles. The van der Waals surface area contributed by atoms with Crippen molar-refractivity contribution in [2.45, 2.75) is 6.04 Å². The topological polar surface area (TPSA) is 76.1 Å². The molecule has 0 aromatic rings. The summed E-state index contributed by atoms with van der Waals surface area (Å²) < 4.78 is 0. The number of urea groups is 1. The van der Waals surface area contributed by atoms with E-state index in [2.05, 4.69) is 10.3 Å². The van der Waals surface area contributed by atoms with Gasteiger partial charge in [-0.1, -0.05) is 0 Å². The number of likely N-dealkylation sites (N-methyl/N-ethyl adjacent to an activating group) is 1. The van der Waals surface area contributed by atoms with E-state index in [1.54, 1.807) is 0 Å². The number of aliphatic carboxylic acids is 1. The molecule has 2 fully saturated rings. The molecule has 0 radical (unpaired) electrons. The number of hydrogen-bond donors (Lipinski definition) is 2. The highest BCUT2D eigenvalue weighted by molar-refractivity contribution is 7.99. The minimum absolute atomic E-state index is 0.308. The Hall–Kier alpha value is -0.990. The van der Waals surface area contributed by atoms with Gasteiger partial charge >= 0.3 is 12.0 Å². The molecular formula is C10H18N4O3S. The van der Waals surface area contributed by atoms with E-state index in [4.69, 9.17) is 5.11 Å². The maximum atomic E-state index is 12.0. The monoisotopic (exact) mass is 274 g/mol. The van der Waals surface area contributed by atoms with E-state index in [-0.39, 0.29) is 6.03 Å². The third kappa shape index (κ3) is 3.06. The summed E-state index contributed by atoms with van der Waals surface area (Å²) in [7, 11) is 2.04. The van der Waals surface area contributed by atoms with Gasteiger partial charge in [-0.2, -0.15) is 0 Å². The Balaban J connectivity index is 1.86. The molecule has 2 heterocycles. The molecular weight excluding hydrogens is 256 g/mol. The zero-order valence-corrected chi connectivity index (χ0v) is 11.2. The van der Waals surface area contributed by atoms with E-state index < -0.39 is 12.0 Å². The maximum Gasteiger partial charge on any atom is 0.333 e. The number of carboxylic acids is 1. The Kier molecular flexibility index (Phi) is 4.31. The average molecular weight is 274 g/mol. The first-order valence-electron chi connectivity index (χ1n) is 5.89. The first-order valence-corrected chi connectivity index (χ1v) is 7.04. The van der Waals surface area contributed by atoms with Crippen LogP contribution in [0, 0.1) is 0 Å². The standard InChI is InChI=1S/C10H18N4O3S/c1-12-2-4-13(5-3-12)11-10(17)14-7-18-6-8(14)9(15)16/h8H,2-7H2,1H3,(H,11,17)(H,15,16)/t8-/m0/s1. The molecule has 0 aliphatic carbocycles. The van der Waals surface area contributed by atoms with Crippen LogP contribution < -0.4 is 5.43 Å². The van der Waals surface area contributed by atoms with Gasteiger partial charge in [0.1, 0.15) is 6.04 Å². The molecule has 2 amide bonds. The molecule has 0 saturated carbocycles. The van der Waals surface area contributed by atoms with Gasteiger partial charge < -0.3 is 10.0 Å². The van der Waals surface area contributed by atoms with Crippen LogP contribution in [0.4, 0.5) is 4.79 Å². The van der Waals surface area contributed by atoms with E-state index in [9.17, 15) is 9.59 Å². The summed E-state index contributed by atoms with van der Waals surface area (Å²) >= 11 is 1.47. The number of carboxylic acid groups (broad SMARTS) is 1. The van der Waals surface area contributed by atoms with Crippen molar-refractivity contribution in [1.82, 2.24) is 20.2 Å². The summed E-state index contributed by atoms with van der Waals surface area (Å²) in [5, 5.41) is 10.9. The van der Waals surface area contributed by atoms with Crippen LogP contribution in [0.3, 0.4) is 0 Å². The molecule has 18 heavy (non-hydrogen) atoms. The zero-order chi connectivity index (χ0) is 13.1. The lowest BCUT2D eigenvalue weighted by Crippen LogP contribution is -2.57. The second kappa shape index (κ2) is 5.77. The Labute approximate surface area is 110 Å². The van der Waals surface area contributed by atoms with Gasteiger partial charge in [-0.15, -0.1) is 11.8 Å². The second-order valence-electron chi connectivity index (χ2n) is 4.53. The number of carbonyl (C=O) groups is 2. The van der Waals surface area contributed by atoms with Crippen molar-refractivity contribution in [3.05, 3.63) is 0 Å². The Morgan fingerprint density at radius 2 is 1.94 bits per heavy atom. The molecule has 2 aliphatic rings. The molecule has 2 aliphatic heterocycles. The van der Waals surface area contributed by atoms with E-state index in [0.29, 0.717) is 11.6 Å². The number of thioether (sulfide) groups is 1. The van der Waals surface area contributed by atoms with E-state index in [1.165, 1.54) is 16.7 Å². The van der Waals surface area contributed by atoms with E-state index >= 15 is 0 Å². The fraction of sp³-hybridized carbons (Fsp3) is 0.800. The number of amides is 2. The first kappa shape index (κ1) is 13.4. The van der Waals surface area contributed by atoms with Crippen LogP contribution in [0.1, 0.15) is 0 Å². The van der Waals surface area contributed by atoms with Crippen molar-refractivity contribution in [2.75, 3.05) is 44.9 Å². The molecule has 0 aromatic heterocycles. The number of hydrogen-bond acceptors (Lipinski definition) is 5. The number of nitrogens with zero attached hydrogens (tertiary/aromatic N) is 3. The number of piperazine rings is 1. The third-order valence-electron chi connectivity index (χ3n) is 3.19. The van der Waals surface area contributed by atoms with Crippen molar-refractivity contribution in [3.8, 4) is 0 Å². The van der Waals surface area contributed by atoms with Crippen molar-refractivity contribution in [3.63, 3.8) is 0 Å². The van der Waals surface area contributed by atoms with Crippen LogP contribution in [0.25, 0.3) is 0 Å². The van der Waals surface area contributed by atoms with Gasteiger partial charge in [-0.3, -0.25) is 10.3 Å². The molecule has 0 spiro atoms. The predicted octanol–water partition coefficient (Wildman–Crippen LogP) is -0.682. The largest absolute Gasteiger partial charge is 0.480 e. The highest BCUT2D eigenvalue weighted by Gasteiger charge is 2.35. The molecule has 2 saturated heterocycles. The fourth-order valence-corrected chi connectivity index (χ4v) is 3.11. The minimum Gasteiger partial charge on any atom is -0.480 e. The molecule has 2 N–H and O–H groups in total. The predicted molar refractivity (Wildman–Crippen MR) is 68.2 cm³/mol. The number of nitrogens with one attached hydrogen (secondary N) is 1. The average Bonchev–Trinajstić information content (AvgIpc) is 2.81. The minimum atomic E-state index is -0.937. The number of hydrazine groups is 1. The van der Waals surface area contributed by atoms with Crippen molar-refractivity contribution >= 4 is 23.8 Å². The van der Waals surface area contributed by atoms with Crippen LogP contribution in [0.5, 0.6) is 0 Å². The Morgan fingerprint density at radius 1 is 1.28 bits per heavy atom. The van der Waals surface area contributed by atoms with Gasteiger partial charge in [-0.25, -0.2) is 14.6 Å². The first-order chi connectivity index (χ1) is 8.58. The fourth-order valence-electron chi connectivity index (χ4n) is 1.97. The summed E-state index contributed by atoms with van der Waals surface area (Å²) in [6.45, 7) is 3.33. The second-order valence-corrected chi connectivity index (χ2v) is 5.53. The summed E-state index contributed by atoms with van der Waals surface area (Å²) in [4.78, 5) is 26.6. The van der Waals surface area contributed by atoms with Crippen LogP contribution in [0.2, 0.25) is 0 Å². The van der Waals surface area contributed by atoms with E-state index in [0.717, 1.165) is 26.2 Å². The quantitative estimate of drug-likeness (QED) is 0.695. The lowest BCUT2D eigenvalue weighted by atomic mass is 10.3. The van der Waals surface area contributed by atoms with Crippen molar-refractivity contribution in [2.24, 2.45) is 0 Å². The van der Waals surface area contributed by atoms with Crippen molar-refractivity contribution < 1.29 is 14.7 Å². The summed E-state index contributed by atoms with van der Waals surface area (Å²) in [6, 6.07) is -1.01. The van der Waals surface area contributed by atoms with E-state index in [1.807, 2.05) is 12.1 Å². The Morgan fingerprint density at radius 3 is 2.56 bits per heavy atom. The van der Waals surface area contributed by atoms with Gasteiger partial charge in [0.25, 0.3) is 0 Å².